The highest BCUT2D eigenvalue weighted by molar-refractivity contribution is 5.95. The van der Waals surface area contributed by atoms with Crippen molar-refractivity contribution in [1.29, 1.82) is 0 Å². The van der Waals surface area contributed by atoms with E-state index in [-0.39, 0.29) is 0 Å². The molecule has 0 bridgehead atoms. The van der Waals surface area contributed by atoms with Gasteiger partial charge < -0.3 is 0 Å². The summed E-state index contributed by atoms with van der Waals surface area (Å²) in [7, 11) is 0. The molecule has 55 heavy (non-hydrogen) atoms. The lowest BCUT2D eigenvalue weighted by molar-refractivity contribution is 0.768. The summed E-state index contributed by atoms with van der Waals surface area (Å²) in [5.74, 6) is 1.90. The topological polar surface area (TPSA) is 38.7 Å². The van der Waals surface area contributed by atoms with Gasteiger partial charge in [-0.2, -0.15) is 0 Å². The molecule has 0 atom stereocenters. The lowest BCUT2D eigenvalue weighted by Gasteiger charge is -2.33. The molecule has 1 aliphatic rings. The van der Waals surface area contributed by atoms with Gasteiger partial charge in [-0.3, -0.25) is 0 Å². The van der Waals surface area contributed by atoms with Crippen LogP contribution in [0.4, 0.5) is 0 Å². The van der Waals surface area contributed by atoms with Crippen molar-refractivity contribution in [2.24, 2.45) is 0 Å². The lowest BCUT2D eigenvalue weighted by atomic mass is 9.67. The Labute approximate surface area is 321 Å². The smallest absolute Gasteiger partial charge is 0.164 e. The summed E-state index contributed by atoms with van der Waals surface area (Å²) in [6, 6.07) is 75.1. The number of fused-ring (bicyclic) bond motifs is 3. The number of hydrogen-bond donors (Lipinski definition) is 0. The molecule has 0 N–H and O–H groups in total. The minimum absolute atomic E-state index is 0.531. The van der Waals surface area contributed by atoms with Gasteiger partial charge in [-0.05, 0) is 55.6 Å². The molecule has 0 spiro atoms. The van der Waals surface area contributed by atoms with Crippen LogP contribution in [0.3, 0.4) is 0 Å². The maximum Gasteiger partial charge on any atom is 0.164 e. The molecule has 0 amide bonds. The monoisotopic (exact) mass is 701 g/mol. The van der Waals surface area contributed by atoms with Gasteiger partial charge in [-0.1, -0.05) is 212 Å². The molecule has 8 aromatic carbocycles. The summed E-state index contributed by atoms with van der Waals surface area (Å²) < 4.78 is 0. The lowest BCUT2D eigenvalue weighted by Crippen LogP contribution is -2.28. The van der Waals surface area contributed by atoms with Crippen molar-refractivity contribution in [3.8, 4) is 67.5 Å². The molecule has 1 aromatic heterocycles. The second-order valence-electron chi connectivity index (χ2n) is 13.9. The molecule has 3 nitrogen and oxygen atoms in total. The Morgan fingerprint density at radius 2 is 0.673 bits per heavy atom. The van der Waals surface area contributed by atoms with E-state index in [9.17, 15) is 0 Å². The summed E-state index contributed by atoms with van der Waals surface area (Å²) in [5.41, 5.74) is 14.0. The van der Waals surface area contributed by atoms with E-state index >= 15 is 0 Å². The van der Waals surface area contributed by atoms with Crippen LogP contribution in [0.5, 0.6) is 0 Å². The minimum atomic E-state index is -0.531. The van der Waals surface area contributed by atoms with Crippen molar-refractivity contribution < 1.29 is 0 Å². The quantitative estimate of drug-likeness (QED) is 0.166. The Kier molecular flexibility index (Phi) is 8.04. The summed E-state index contributed by atoms with van der Waals surface area (Å²) >= 11 is 0. The van der Waals surface area contributed by atoms with Crippen LogP contribution in [-0.2, 0) is 5.41 Å². The van der Waals surface area contributed by atoms with Crippen molar-refractivity contribution in [1.82, 2.24) is 15.0 Å². The van der Waals surface area contributed by atoms with Crippen LogP contribution >= 0.6 is 0 Å². The van der Waals surface area contributed by atoms with Gasteiger partial charge in [0, 0.05) is 16.7 Å². The van der Waals surface area contributed by atoms with Crippen LogP contribution in [0, 0.1) is 0 Å². The molecule has 1 aliphatic carbocycles. The summed E-state index contributed by atoms with van der Waals surface area (Å²) in [5, 5.41) is 0. The fourth-order valence-electron chi connectivity index (χ4n) is 8.42. The molecule has 0 fully saturated rings. The number of nitrogens with zero attached hydrogens (tertiary/aromatic N) is 3. The highest BCUT2D eigenvalue weighted by Gasteiger charge is 2.47. The number of benzene rings is 8. The average Bonchev–Trinajstić information content (AvgIpc) is 3.59. The van der Waals surface area contributed by atoms with Crippen molar-refractivity contribution in [2.75, 3.05) is 0 Å². The first-order valence-corrected chi connectivity index (χ1v) is 18.7. The van der Waals surface area contributed by atoms with E-state index in [0.717, 1.165) is 38.9 Å². The van der Waals surface area contributed by atoms with Crippen molar-refractivity contribution >= 4 is 0 Å². The van der Waals surface area contributed by atoms with Gasteiger partial charge in [0.15, 0.2) is 17.5 Å². The summed E-state index contributed by atoms with van der Waals surface area (Å²) in [4.78, 5) is 15.9. The molecule has 0 saturated carbocycles. The summed E-state index contributed by atoms with van der Waals surface area (Å²) in [6.07, 6.45) is 0. The maximum absolute atomic E-state index is 5.37. The summed E-state index contributed by atoms with van der Waals surface area (Å²) in [6.45, 7) is 0. The van der Waals surface area contributed by atoms with Crippen molar-refractivity contribution in [2.45, 2.75) is 5.41 Å². The zero-order valence-electron chi connectivity index (χ0n) is 30.0. The molecular weight excluding hydrogens is 667 g/mol. The van der Waals surface area contributed by atoms with Crippen LogP contribution in [0.1, 0.15) is 22.3 Å². The average molecular weight is 702 g/mol. The van der Waals surface area contributed by atoms with Crippen LogP contribution in [0.15, 0.2) is 212 Å². The Bertz CT molecular complexity index is 2740. The van der Waals surface area contributed by atoms with Gasteiger partial charge in [0.2, 0.25) is 0 Å². The predicted molar refractivity (Wildman–Crippen MR) is 224 cm³/mol. The van der Waals surface area contributed by atoms with Crippen LogP contribution < -0.4 is 0 Å². The molecular formula is C52H35N3. The first kappa shape index (κ1) is 32.4. The molecule has 10 rings (SSSR count). The van der Waals surface area contributed by atoms with Gasteiger partial charge in [0.05, 0.1) is 5.41 Å². The third kappa shape index (κ3) is 5.48. The molecule has 9 aromatic rings. The Balaban J connectivity index is 1.23. The Morgan fingerprint density at radius 1 is 0.255 bits per heavy atom. The fourth-order valence-corrected chi connectivity index (χ4v) is 8.42. The van der Waals surface area contributed by atoms with E-state index in [2.05, 4.69) is 200 Å². The first-order valence-electron chi connectivity index (χ1n) is 18.7. The first-order chi connectivity index (χ1) is 27.3. The zero-order chi connectivity index (χ0) is 36.6. The maximum atomic E-state index is 5.37. The zero-order valence-corrected chi connectivity index (χ0v) is 30.0. The number of rotatable bonds is 7. The molecule has 0 radical (unpaired) electrons. The normalized spacial score (nSPS) is 12.5. The van der Waals surface area contributed by atoms with Crippen LogP contribution in [-0.4, -0.2) is 15.0 Å². The van der Waals surface area contributed by atoms with E-state index in [1.807, 2.05) is 12.1 Å². The van der Waals surface area contributed by atoms with Gasteiger partial charge in [0.25, 0.3) is 0 Å². The third-order valence-corrected chi connectivity index (χ3v) is 10.9. The number of aromatic nitrogens is 3. The molecule has 0 aliphatic heterocycles. The third-order valence-electron chi connectivity index (χ3n) is 10.9. The van der Waals surface area contributed by atoms with E-state index in [1.165, 1.54) is 33.4 Å². The molecule has 0 saturated heterocycles. The standard InChI is InChI=1S/C52H35N3/c1-5-18-36(19-6-1)37-32-34-39(35-33-37)49-53-50(43-27-14-13-26-42(43)38-20-7-2-8-21-38)55-51(54-49)45-29-17-31-47-48(45)44-28-15-16-30-46(44)52(47,40-22-9-3-10-23-40)41-24-11-4-12-25-41/h1-35H. The second kappa shape index (κ2) is 13.6. The molecule has 258 valence electrons. The van der Waals surface area contributed by atoms with Crippen molar-refractivity contribution in [3.05, 3.63) is 235 Å². The van der Waals surface area contributed by atoms with Gasteiger partial charge in [-0.15, -0.1) is 0 Å². The van der Waals surface area contributed by atoms with Gasteiger partial charge in [0.1, 0.15) is 0 Å². The second-order valence-corrected chi connectivity index (χ2v) is 13.9. The molecule has 1 heterocycles. The largest absolute Gasteiger partial charge is 0.208 e. The fraction of sp³-hybridized carbons (Fsp3) is 0.0192. The molecule has 0 unspecified atom stereocenters. The van der Waals surface area contributed by atoms with Gasteiger partial charge in [-0.25, -0.2) is 15.0 Å². The highest BCUT2D eigenvalue weighted by Crippen LogP contribution is 2.58. The highest BCUT2D eigenvalue weighted by atomic mass is 15.0. The van der Waals surface area contributed by atoms with E-state index in [1.54, 1.807) is 0 Å². The van der Waals surface area contributed by atoms with E-state index in [0.29, 0.717) is 17.5 Å². The minimum Gasteiger partial charge on any atom is -0.208 e. The Hall–Kier alpha value is -7.23. The Morgan fingerprint density at radius 3 is 1.31 bits per heavy atom. The number of hydrogen-bond acceptors (Lipinski definition) is 3. The predicted octanol–water partition coefficient (Wildman–Crippen LogP) is 12.6. The van der Waals surface area contributed by atoms with Crippen molar-refractivity contribution in [3.63, 3.8) is 0 Å². The SMILES string of the molecule is c1ccc(-c2ccc(-c3nc(-c4ccccc4-c4ccccc4)nc(-c4cccc5c4-c4ccccc4C5(c4ccccc4)c4ccccc4)n3)cc2)cc1. The van der Waals surface area contributed by atoms with E-state index < -0.39 is 5.41 Å². The van der Waals surface area contributed by atoms with Crippen LogP contribution in [0.2, 0.25) is 0 Å². The van der Waals surface area contributed by atoms with Crippen LogP contribution in [0.25, 0.3) is 67.5 Å². The van der Waals surface area contributed by atoms with E-state index in [4.69, 9.17) is 15.0 Å². The molecule has 3 heteroatoms. The van der Waals surface area contributed by atoms with Gasteiger partial charge >= 0.3 is 0 Å².